The van der Waals surface area contributed by atoms with Crippen LogP contribution < -0.4 is 4.90 Å². The first-order chi connectivity index (χ1) is 26.3. The van der Waals surface area contributed by atoms with Crippen LogP contribution in [-0.2, 0) is 0 Å². The molecular formula is C47H37N5S2. The summed E-state index contributed by atoms with van der Waals surface area (Å²) in [5.41, 5.74) is 10.1. The molecule has 0 N–H and O–H groups in total. The largest absolute Gasteiger partial charge is 0.311 e. The van der Waals surface area contributed by atoms with Crippen molar-refractivity contribution in [3.63, 3.8) is 0 Å². The van der Waals surface area contributed by atoms with Gasteiger partial charge in [0.05, 0.1) is 32.4 Å². The topological polar surface area (TPSA) is 79.5 Å². The Labute approximate surface area is 325 Å². The molecule has 0 aliphatic rings. The third kappa shape index (κ3) is 6.90. The van der Waals surface area contributed by atoms with Gasteiger partial charge < -0.3 is 9.47 Å². The summed E-state index contributed by atoms with van der Waals surface area (Å²) in [4.78, 5) is 6.11. The van der Waals surface area contributed by atoms with Crippen molar-refractivity contribution in [2.45, 2.75) is 39.5 Å². The van der Waals surface area contributed by atoms with Gasteiger partial charge in [-0.3, -0.25) is 0 Å². The van der Waals surface area contributed by atoms with Crippen LogP contribution in [0.5, 0.6) is 0 Å². The number of aromatic nitrogens is 1. The summed E-state index contributed by atoms with van der Waals surface area (Å²) in [6.07, 6.45) is 0. The average Bonchev–Trinajstić information content (AvgIpc) is 3.98. The maximum absolute atomic E-state index is 9.91. The lowest BCUT2D eigenvalue weighted by molar-refractivity contribution is 0.809. The van der Waals surface area contributed by atoms with E-state index in [0.29, 0.717) is 4.88 Å². The van der Waals surface area contributed by atoms with Crippen LogP contribution in [0.2, 0.25) is 0 Å². The van der Waals surface area contributed by atoms with Crippen molar-refractivity contribution in [1.82, 2.24) is 4.57 Å². The van der Waals surface area contributed by atoms with Gasteiger partial charge in [0.2, 0.25) is 0 Å². The highest BCUT2D eigenvalue weighted by molar-refractivity contribution is 7.18. The maximum atomic E-state index is 9.91. The number of thiophene rings is 2. The normalized spacial score (nSPS) is 10.9. The number of benzene rings is 4. The van der Waals surface area contributed by atoms with Crippen molar-refractivity contribution in [1.29, 1.82) is 15.8 Å². The molecule has 3 aromatic heterocycles. The van der Waals surface area contributed by atoms with Crippen LogP contribution in [-0.4, -0.2) is 4.57 Å². The lowest BCUT2D eigenvalue weighted by Crippen LogP contribution is -2.09. The van der Waals surface area contributed by atoms with Crippen molar-refractivity contribution in [3.05, 3.63) is 161 Å². The van der Waals surface area contributed by atoms with E-state index in [1.54, 1.807) is 11.3 Å². The van der Waals surface area contributed by atoms with E-state index in [4.69, 9.17) is 0 Å². The highest BCUT2D eigenvalue weighted by Gasteiger charge is 2.24. The van der Waals surface area contributed by atoms with Crippen LogP contribution in [0.3, 0.4) is 0 Å². The van der Waals surface area contributed by atoms with Gasteiger partial charge >= 0.3 is 0 Å². The Balaban J connectivity index is 1.34. The monoisotopic (exact) mass is 735 g/mol. The summed E-state index contributed by atoms with van der Waals surface area (Å²) >= 11 is 3.18. The molecule has 54 heavy (non-hydrogen) atoms. The third-order valence-corrected chi connectivity index (χ3v) is 11.7. The quantitative estimate of drug-likeness (QED) is 0.131. The van der Waals surface area contributed by atoms with Crippen LogP contribution in [0.25, 0.3) is 42.8 Å². The fraction of sp³-hybridized carbons (Fsp3) is 0.128. The molecule has 5 nitrogen and oxygen atoms in total. The molecule has 7 rings (SSSR count). The molecular weight excluding hydrogens is 699 g/mol. The number of allylic oxidation sites excluding steroid dienone is 2. The summed E-state index contributed by atoms with van der Waals surface area (Å²) in [5.74, 6) is 0.540. The fourth-order valence-corrected chi connectivity index (χ4v) is 8.87. The van der Waals surface area contributed by atoms with Crippen molar-refractivity contribution in [2.75, 3.05) is 4.90 Å². The first-order valence-electron chi connectivity index (χ1n) is 17.8. The van der Waals surface area contributed by atoms with E-state index in [-0.39, 0.29) is 23.0 Å². The Morgan fingerprint density at radius 2 is 1.02 bits per heavy atom. The van der Waals surface area contributed by atoms with Gasteiger partial charge in [-0.2, -0.15) is 15.8 Å². The van der Waals surface area contributed by atoms with Gasteiger partial charge in [-0.25, -0.2) is 0 Å². The summed E-state index contributed by atoms with van der Waals surface area (Å²) in [7, 11) is 0. The van der Waals surface area contributed by atoms with Crippen molar-refractivity contribution in [2.24, 2.45) is 0 Å². The van der Waals surface area contributed by atoms with Gasteiger partial charge in [-0.1, -0.05) is 94.4 Å². The minimum absolute atomic E-state index is 0.101. The predicted octanol–water partition coefficient (Wildman–Crippen LogP) is 13.6. The van der Waals surface area contributed by atoms with E-state index in [1.807, 2.05) is 36.4 Å². The molecule has 0 aliphatic heterocycles. The third-order valence-electron chi connectivity index (χ3n) is 9.43. The van der Waals surface area contributed by atoms with E-state index in [2.05, 4.69) is 158 Å². The fourth-order valence-electron chi connectivity index (χ4n) is 6.82. The number of hydrogen-bond donors (Lipinski definition) is 0. The van der Waals surface area contributed by atoms with Crippen LogP contribution in [0.15, 0.2) is 145 Å². The Kier molecular flexibility index (Phi) is 10.4. The summed E-state index contributed by atoms with van der Waals surface area (Å²) in [6, 6.07) is 54.6. The average molecular weight is 736 g/mol. The molecule has 0 bridgehead atoms. The molecule has 4 aromatic carbocycles. The number of nitriles is 3. The second kappa shape index (κ2) is 15.7. The van der Waals surface area contributed by atoms with E-state index in [0.717, 1.165) is 43.8 Å². The minimum Gasteiger partial charge on any atom is -0.311 e. The zero-order valence-corrected chi connectivity index (χ0v) is 32.1. The molecule has 0 aliphatic carbocycles. The first-order valence-corrected chi connectivity index (χ1v) is 19.5. The number of anilines is 3. The number of rotatable bonds is 10. The highest BCUT2D eigenvalue weighted by Crippen LogP contribution is 2.44. The lowest BCUT2D eigenvalue weighted by atomic mass is 9.92. The van der Waals surface area contributed by atoms with Crippen molar-refractivity contribution >= 4 is 45.3 Å². The number of hydrogen-bond acceptors (Lipinski definition) is 6. The molecule has 0 amide bonds. The van der Waals surface area contributed by atoms with Crippen LogP contribution in [0.4, 0.5) is 17.1 Å². The molecule has 7 aromatic rings. The molecule has 3 heterocycles. The molecule has 0 spiro atoms. The van der Waals surface area contributed by atoms with Gasteiger partial charge in [0.15, 0.2) is 0 Å². The predicted molar refractivity (Wildman–Crippen MR) is 224 cm³/mol. The zero-order chi connectivity index (χ0) is 37.8. The van der Waals surface area contributed by atoms with Crippen molar-refractivity contribution in [3.8, 4) is 55.5 Å². The molecule has 7 heteroatoms. The molecule has 0 atom stereocenters. The van der Waals surface area contributed by atoms with E-state index in [9.17, 15) is 15.8 Å². The van der Waals surface area contributed by atoms with Gasteiger partial charge in [0.25, 0.3) is 0 Å². The van der Waals surface area contributed by atoms with Gasteiger partial charge in [0, 0.05) is 26.8 Å². The minimum atomic E-state index is -0.179. The Hall–Kier alpha value is -6.43. The SMILES string of the molecule is CC(C)c1cccc(C(C)C)c1-n1c(-c2ccc(C(C#N)=C(C#N)C#N)s2)ccc1-c1ccc(-c2ccc(N(c3ccccc3)c3ccccc3)cc2)s1. The van der Waals surface area contributed by atoms with Crippen LogP contribution in [0, 0.1) is 34.0 Å². The molecule has 0 radical (unpaired) electrons. The Morgan fingerprint density at radius 1 is 0.519 bits per heavy atom. The second-order valence-electron chi connectivity index (χ2n) is 13.5. The highest BCUT2D eigenvalue weighted by atomic mass is 32.1. The Bertz CT molecular complexity index is 2500. The Morgan fingerprint density at radius 3 is 1.54 bits per heavy atom. The second-order valence-corrected chi connectivity index (χ2v) is 15.7. The van der Waals surface area contributed by atoms with E-state index in [1.165, 1.54) is 33.0 Å². The smallest absolute Gasteiger partial charge is 0.148 e. The summed E-state index contributed by atoms with van der Waals surface area (Å²) in [6.45, 7) is 8.92. The first kappa shape index (κ1) is 36.0. The van der Waals surface area contributed by atoms with Gasteiger partial charge in [-0.05, 0) is 101 Å². The zero-order valence-electron chi connectivity index (χ0n) is 30.5. The summed E-state index contributed by atoms with van der Waals surface area (Å²) < 4.78 is 2.38. The summed E-state index contributed by atoms with van der Waals surface area (Å²) in [5, 5.41) is 29.0. The number of para-hydroxylation sites is 3. The molecule has 0 fully saturated rings. The van der Waals surface area contributed by atoms with Gasteiger partial charge in [-0.15, -0.1) is 22.7 Å². The molecule has 0 saturated carbocycles. The maximum Gasteiger partial charge on any atom is 0.148 e. The van der Waals surface area contributed by atoms with E-state index >= 15 is 0 Å². The van der Waals surface area contributed by atoms with Gasteiger partial charge in [0.1, 0.15) is 23.8 Å². The van der Waals surface area contributed by atoms with Crippen molar-refractivity contribution < 1.29 is 0 Å². The molecule has 262 valence electrons. The molecule has 0 saturated heterocycles. The standard InChI is InChI=1S/C47H37N5S2/c1-31(2)38-16-11-17-39(32(3)4)47(38)52-41(22-23-42(52)46-27-25-44(54-46)40(30-50)34(28-48)29-49)45-26-24-43(53-45)33-18-20-37(21-19-33)51(35-12-7-5-8-13-35)36-14-9-6-10-15-36/h5-27,31-32H,1-4H3. The molecule has 0 unspecified atom stereocenters. The van der Waals surface area contributed by atoms with Crippen LogP contribution in [0.1, 0.15) is 55.5 Å². The lowest BCUT2D eigenvalue weighted by Gasteiger charge is -2.25. The number of nitrogens with zero attached hydrogens (tertiary/aromatic N) is 5. The van der Waals surface area contributed by atoms with Crippen LogP contribution >= 0.6 is 22.7 Å². The van der Waals surface area contributed by atoms with E-state index < -0.39 is 0 Å².